The molecule has 0 aliphatic heterocycles. The summed E-state index contributed by atoms with van der Waals surface area (Å²) in [5.74, 6) is 1.27. The molecule has 0 fully saturated rings. The third-order valence-corrected chi connectivity index (χ3v) is 2.05. The molecular formula is C12H17NO3. The van der Waals surface area contributed by atoms with Crippen molar-refractivity contribution >= 4 is 0 Å². The van der Waals surface area contributed by atoms with Crippen LogP contribution in [0.1, 0.15) is 5.56 Å². The Balaban J connectivity index is 2.68. The number of hydrogen-bond acceptors (Lipinski definition) is 4. The van der Waals surface area contributed by atoms with E-state index in [2.05, 4.69) is 0 Å². The Kier molecular flexibility index (Phi) is 5.39. The van der Waals surface area contributed by atoms with Gasteiger partial charge in [-0.2, -0.15) is 0 Å². The standard InChI is InChI=1S/C12H17NO3/c1-15-12-8-10(9-14)4-5-11(12)16-7-3-2-6-13/h2-5,8,14H,6-7,9,13H2,1H3/b3-2+. The van der Waals surface area contributed by atoms with E-state index in [-0.39, 0.29) is 6.61 Å². The highest BCUT2D eigenvalue weighted by Gasteiger charge is 2.04. The van der Waals surface area contributed by atoms with E-state index in [1.165, 1.54) is 0 Å². The Morgan fingerprint density at radius 3 is 2.75 bits per heavy atom. The van der Waals surface area contributed by atoms with Crippen molar-refractivity contribution in [3.8, 4) is 11.5 Å². The first kappa shape index (κ1) is 12.5. The topological polar surface area (TPSA) is 64.7 Å². The average Bonchev–Trinajstić information content (AvgIpc) is 2.34. The molecule has 3 N–H and O–H groups in total. The molecule has 0 aliphatic rings. The van der Waals surface area contributed by atoms with Gasteiger partial charge in [-0.1, -0.05) is 18.2 Å². The number of hydrogen-bond donors (Lipinski definition) is 2. The lowest BCUT2D eigenvalue weighted by molar-refractivity contribution is 0.279. The van der Waals surface area contributed by atoms with Crippen molar-refractivity contribution < 1.29 is 14.6 Å². The molecule has 4 nitrogen and oxygen atoms in total. The Morgan fingerprint density at radius 1 is 1.31 bits per heavy atom. The molecule has 0 aliphatic carbocycles. The smallest absolute Gasteiger partial charge is 0.161 e. The molecule has 4 heteroatoms. The maximum absolute atomic E-state index is 8.97. The molecule has 0 atom stereocenters. The maximum atomic E-state index is 8.97. The minimum Gasteiger partial charge on any atom is -0.493 e. The molecule has 0 saturated heterocycles. The van der Waals surface area contributed by atoms with Gasteiger partial charge < -0.3 is 20.3 Å². The van der Waals surface area contributed by atoms with Gasteiger partial charge in [0.15, 0.2) is 11.5 Å². The molecule has 1 aromatic rings. The normalized spacial score (nSPS) is 10.7. The summed E-state index contributed by atoms with van der Waals surface area (Å²) in [4.78, 5) is 0. The third kappa shape index (κ3) is 3.56. The van der Waals surface area contributed by atoms with Gasteiger partial charge in [-0.15, -0.1) is 0 Å². The molecule has 0 radical (unpaired) electrons. The lowest BCUT2D eigenvalue weighted by atomic mass is 10.2. The van der Waals surface area contributed by atoms with E-state index < -0.39 is 0 Å². The molecule has 1 rings (SSSR count). The summed E-state index contributed by atoms with van der Waals surface area (Å²) < 4.78 is 10.6. The quantitative estimate of drug-likeness (QED) is 0.708. The van der Waals surface area contributed by atoms with Crippen LogP contribution in [0.15, 0.2) is 30.4 Å². The van der Waals surface area contributed by atoms with E-state index in [0.29, 0.717) is 24.7 Å². The third-order valence-electron chi connectivity index (χ3n) is 2.05. The zero-order chi connectivity index (χ0) is 11.8. The number of aliphatic hydroxyl groups excluding tert-OH is 1. The number of benzene rings is 1. The lowest BCUT2D eigenvalue weighted by Gasteiger charge is -2.10. The largest absolute Gasteiger partial charge is 0.493 e. The summed E-state index contributed by atoms with van der Waals surface area (Å²) in [7, 11) is 1.57. The Bertz CT molecular complexity index is 350. The lowest BCUT2D eigenvalue weighted by Crippen LogP contribution is -1.99. The first-order valence-electron chi connectivity index (χ1n) is 5.07. The number of rotatable bonds is 6. The first-order chi connectivity index (χ1) is 7.81. The van der Waals surface area contributed by atoms with Crippen LogP contribution in [0, 0.1) is 0 Å². The van der Waals surface area contributed by atoms with Gasteiger partial charge in [0.25, 0.3) is 0 Å². The highest BCUT2D eigenvalue weighted by molar-refractivity contribution is 5.42. The van der Waals surface area contributed by atoms with Gasteiger partial charge in [0.1, 0.15) is 6.61 Å². The summed E-state index contributed by atoms with van der Waals surface area (Å²) in [6, 6.07) is 5.33. The minimum absolute atomic E-state index is 0.0102. The zero-order valence-corrected chi connectivity index (χ0v) is 9.35. The van der Waals surface area contributed by atoms with Crippen molar-refractivity contribution in [3.63, 3.8) is 0 Å². The highest BCUT2D eigenvalue weighted by atomic mass is 16.5. The Hall–Kier alpha value is -1.52. The molecule has 0 aromatic heterocycles. The van der Waals surface area contributed by atoms with Crippen LogP contribution in [-0.2, 0) is 6.61 Å². The number of methoxy groups -OCH3 is 1. The summed E-state index contributed by atoms with van der Waals surface area (Å²) in [5, 5.41) is 8.97. The van der Waals surface area contributed by atoms with Crippen LogP contribution >= 0.6 is 0 Å². The second-order valence-corrected chi connectivity index (χ2v) is 3.16. The van der Waals surface area contributed by atoms with E-state index in [1.54, 1.807) is 25.3 Å². The maximum Gasteiger partial charge on any atom is 0.161 e. The molecule has 0 amide bonds. The van der Waals surface area contributed by atoms with Gasteiger partial charge in [-0.3, -0.25) is 0 Å². The van der Waals surface area contributed by atoms with Crippen LogP contribution in [0.3, 0.4) is 0 Å². The predicted octanol–water partition coefficient (Wildman–Crippen LogP) is 1.08. The summed E-state index contributed by atoms with van der Waals surface area (Å²) in [6.07, 6.45) is 3.67. The molecule has 0 spiro atoms. The van der Waals surface area contributed by atoms with Gasteiger partial charge in [0.05, 0.1) is 13.7 Å². The molecule has 0 saturated carbocycles. The molecule has 1 aromatic carbocycles. The van der Waals surface area contributed by atoms with Crippen LogP contribution in [0.25, 0.3) is 0 Å². The molecule has 0 bridgehead atoms. The Morgan fingerprint density at radius 2 is 2.12 bits per heavy atom. The van der Waals surface area contributed by atoms with E-state index in [9.17, 15) is 0 Å². The van der Waals surface area contributed by atoms with Gasteiger partial charge in [0.2, 0.25) is 0 Å². The van der Waals surface area contributed by atoms with Crippen LogP contribution in [0.5, 0.6) is 11.5 Å². The number of ether oxygens (including phenoxy) is 2. The fraction of sp³-hybridized carbons (Fsp3) is 0.333. The SMILES string of the molecule is COc1cc(CO)ccc1OC/C=C/CN. The van der Waals surface area contributed by atoms with Crippen molar-refractivity contribution in [2.75, 3.05) is 20.3 Å². The summed E-state index contributed by atoms with van der Waals surface area (Å²) in [5.41, 5.74) is 6.10. The molecular weight excluding hydrogens is 206 g/mol. The monoisotopic (exact) mass is 223 g/mol. The van der Waals surface area contributed by atoms with Gasteiger partial charge in [0, 0.05) is 6.54 Å². The second kappa shape index (κ2) is 6.87. The minimum atomic E-state index is -0.0102. The average molecular weight is 223 g/mol. The van der Waals surface area contributed by atoms with E-state index >= 15 is 0 Å². The van der Waals surface area contributed by atoms with Crippen molar-refractivity contribution in [2.45, 2.75) is 6.61 Å². The van der Waals surface area contributed by atoms with Crippen LogP contribution < -0.4 is 15.2 Å². The summed E-state index contributed by atoms with van der Waals surface area (Å²) in [6.45, 7) is 0.944. The van der Waals surface area contributed by atoms with E-state index in [0.717, 1.165) is 5.56 Å². The van der Waals surface area contributed by atoms with E-state index in [1.807, 2.05) is 12.2 Å². The molecule has 0 unspecified atom stereocenters. The molecule has 0 heterocycles. The highest BCUT2D eigenvalue weighted by Crippen LogP contribution is 2.27. The van der Waals surface area contributed by atoms with Crippen LogP contribution in [-0.4, -0.2) is 25.4 Å². The van der Waals surface area contributed by atoms with Gasteiger partial charge in [-0.05, 0) is 17.7 Å². The first-order valence-corrected chi connectivity index (χ1v) is 5.07. The van der Waals surface area contributed by atoms with Crippen LogP contribution in [0.2, 0.25) is 0 Å². The predicted molar refractivity (Wildman–Crippen MR) is 62.6 cm³/mol. The van der Waals surface area contributed by atoms with Crippen molar-refractivity contribution in [2.24, 2.45) is 5.73 Å². The number of nitrogens with two attached hydrogens (primary N) is 1. The second-order valence-electron chi connectivity index (χ2n) is 3.16. The van der Waals surface area contributed by atoms with Crippen molar-refractivity contribution in [1.29, 1.82) is 0 Å². The number of aliphatic hydroxyl groups is 1. The fourth-order valence-corrected chi connectivity index (χ4v) is 1.23. The van der Waals surface area contributed by atoms with Crippen molar-refractivity contribution in [3.05, 3.63) is 35.9 Å². The van der Waals surface area contributed by atoms with Crippen LogP contribution in [0.4, 0.5) is 0 Å². The van der Waals surface area contributed by atoms with Gasteiger partial charge in [-0.25, -0.2) is 0 Å². The summed E-state index contributed by atoms with van der Waals surface area (Å²) >= 11 is 0. The molecule has 88 valence electrons. The zero-order valence-electron chi connectivity index (χ0n) is 9.35. The van der Waals surface area contributed by atoms with E-state index in [4.69, 9.17) is 20.3 Å². The fourth-order valence-electron chi connectivity index (χ4n) is 1.23. The van der Waals surface area contributed by atoms with Gasteiger partial charge >= 0.3 is 0 Å². The van der Waals surface area contributed by atoms with Crippen molar-refractivity contribution in [1.82, 2.24) is 0 Å². The molecule has 16 heavy (non-hydrogen) atoms. The Labute approximate surface area is 95.3 Å².